The van der Waals surface area contributed by atoms with E-state index in [1.807, 2.05) is 45.0 Å². The molecule has 0 unspecified atom stereocenters. The van der Waals surface area contributed by atoms with E-state index in [1.165, 1.54) is 12.8 Å². The number of benzene rings is 1. The Morgan fingerprint density at radius 1 is 1.20 bits per heavy atom. The van der Waals surface area contributed by atoms with Crippen LogP contribution in [0.1, 0.15) is 51.0 Å². The summed E-state index contributed by atoms with van der Waals surface area (Å²) < 4.78 is 7.46. The molecule has 3 rings (SSSR count). The highest BCUT2D eigenvalue weighted by atomic mass is 16.5. The number of ketones is 1. The Balaban J connectivity index is 1.67. The van der Waals surface area contributed by atoms with Gasteiger partial charge in [-0.05, 0) is 51.0 Å². The van der Waals surface area contributed by atoms with Crippen molar-refractivity contribution in [3.63, 3.8) is 0 Å². The number of ether oxygens (including phenoxy) is 1. The number of Topliss-reactive ketones (excluding diaryl/α,β-unsaturated/α-hetero) is 1. The predicted molar refractivity (Wildman–Crippen MR) is 97.6 cm³/mol. The highest BCUT2D eigenvalue weighted by molar-refractivity contribution is 6.00. The first-order valence-electron chi connectivity index (χ1n) is 8.54. The molecule has 1 aliphatic carbocycles. The van der Waals surface area contributed by atoms with Crippen LogP contribution in [0, 0.1) is 13.8 Å². The number of nitrogens with zero attached hydrogens (tertiary/aromatic N) is 2. The summed E-state index contributed by atoms with van der Waals surface area (Å²) in [5.74, 6) is -0.634. The topological polar surface area (TPSA) is 51.5 Å². The van der Waals surface area contributed by atoms with Gasteiger partial charge in [-0.25, -0.2) is 4.79 Å². The first-order chi connectivity index (χ1) is 11.9. The van der Waals surface area contributed by atoms with Crippen molar-refractivity contribution in [3.8, 4) is 0 Å². The lowest BCUT2D eigenvalue weighted by Gasteiger charge is -2.13. The van der Waals surface area contributed by atoms with Crippen molar-refractivity contribution in [2.45, 2.75) is 32.7 Å². The molecule has 5 heteroatoms. The van der Waals surface area contributed by atoms with E-state index in [1.54, 1.807) is 18.2 Å². The fourth-order valence-corrected chi connectivity index (χ4v) is 3.16. The number of aryl methyl sites for hydroxylation is 1. The summed E-state index contributed by atoms with van der Waals surface area (Å²) in [5.41, 5.74) is 4.07. The van der Waals surface area contributed by atoms with Crippen LogP contribution in [0.25, 0.3) is 0 Å². The quantitative estimate of drug-likeness (QED) is 0.596. The van der Waals surface area contributed by atoms with Gasteiger partial charge in [0.25, 0.3) is 0 Å². The van der Waals surface area contributed by atoms with Crippen LogP contribution in [0.4, 0.5) is 5.69 Å². The molecule has 0 N–H and O–H groups in total. The summed E-state index contributed by atoms with van der Waals surface area (Å²) in [6, 6.07) is 9.59. The van der Waals surface area contributed by atoms with E-state index in [0.29, 0.717) is 17.2 Å². The van der Waals surface area contributed by atoms with E-state index in [9.17, 15) is 9.59 Å². The summed E-state index contributed by atoms with van der Waals surface area (Å²) in [7, 11) is 3.81. The first kappa shape index (κ1) is 17.3. The number of aromatic nitrogens is 1. The third-order valence-corrected chi connectivity index (χ3v) is 4.63. The van der Waals surface area contributed by atoms with E-state index < -0.39 is 5.97 Å². The summed E-state index contributed by atoms with van der Waals surface area (Å²) in [5, 5.41) is 0. The molecular weight excluding hydrogens is 316 g/mol. The fraction of sp³-hybridized carbons (Fsp3) is 0.400. The van der Waals surface area contributed by atoms with Crippen LogP contribution in [0.15, 0.2) is 30.3 Å². The monoisotopic (exact) mass is 340 g/mol. The third kappa shape index (κ3) is 3.60. The number of rotatable bonds is 6. The maximum Gasteiger partial charge on any atom is 0.338 e. The van der Waals surface area contributed by atoms with E-state index in [0.717, 1.165) is 17.1 Å². The molecule has 1 aromatic carbocycles. The van der Waals surface area contributed by atoms with Crippen molar-refractivity contribution in [1.29, 1.82) is 0 Å². The number of hydrogen-bond acceptors (Lipinski definition) is 4. The Labute approximate surface area is 148 Å². The van der Waals surface area contributed by atoms with Crippen LogP contribution in [0.3, 0.4) is 0 Å². The number of esters is 1. The molecule has 0 spiro atoms. The van der Waals surface area contributed by atoms with Crippen LogP contribution < -0.4 is 4.90 Å². The SMILES string of the molecule is Cc1cc(C(=O)COC(=O)c2cccc(N(C)C)c2)c(C)n1C1CC1. The van der Waals surface area contributed by atoms with Gasteiger partial charge >= 0.3 is 5.97 Å². The number of carbonyl (C=O) groups excluding carboxylic acids is 2. The average Bonchev–Trinajstić information content (AvgIpc) is 3.37. The molecule has 0 atom stereocenters. The molecule has 0 aliphatic heterocycles. The van der Waals surface area contributed by atoms with Gasteiger partial charge in [-0.3, -0.25) is 4.79 Å². The van der Waals surface area contributed by atoms with E-state index in [2.05, 4.69) is 4.57 Å². The zero-order valence-corrected chi connectivity index (χ0v) is 15.2. The zero-order chi connectivity index (χ0) is 18.1. The lowest BCUT2D eigenvalue weighted by Crippen LogP contribution is -2.16. The lowest BCUT2D eigenvalue weighted by molar-refractivity contribution is 0.0474. The summed E-state index contributed by atoms with van der Waals surface area (Å²) in [4.78, 5) is 26.6. The smallest absolute Gasteiger partial charge is 0.338 e. The minimum absolute atomic E-state index is 0.155. The first-order valence-corrected chi connectivity index (χ1v) is 8.54. The molecule has 5 nitrogen and oxygen atoms in total. The zero-order valence-electron chi connectivity index (χ0n) is 15.2. The largest absolute Gasteiger partial charge is 0.454 e. The maximum absolute atomic E-state index is 12.5. The average molecular weight is 340 g/mol. The highest BCUT2D eigenvalue weighted by Gasteiger charge is 2.28. The molecule has 1 fully saturated rings. The van der Waals surface area contributed by atoms with Crippen LogP contribution in [0.5, 0.6) is 0 Å². The van der Waals surface area contributed by atoms with Crippen molar-refractivity contribution in [2.75, 3.05) is 25.6 Å². The molecule has 25 heavy (non-hydrogen) atoms. The van der Waals surface area contributed by atoms with Crippen molar-refractivity contribution in [3.05, 3.63) is 52.8 Å². The van der Waals surface area contributed by atoms with E-state index in [-0.39, 0.29) is 12.4 Å². The molecule has 0 bridgehead atoms. The Hall–Kier alpha value is -2.56. The summed E-state index contributed by atoms with van der Waals surface area (Å²) in [6.07, 6.45) is 2.34. The van der Waals surface area contributed by atoms with Gasteiger partial charge < -0.3 is 14.2 Å². The van der Waals surface area contributed by atoms with E-state index >= 15 is 0 Å². The van der Waals surface area contributed by atoms with Gasteiger partial charge in [-0.15, -0.1) is 0 Å². The van der Waals surface area contributed by atoms with Gasteiger partial charge in [0.15, 0.2) is 6.61 Å². The van der Waals surface area contributed by atoms with E-state index in [4.69, 9.17) is 4.74 Å². The standard InChI is InChI=1S/C20H24N2O3/c1-13-10-18(14(2)22(13)16-8-9-16)19(23)12-25-20(24)15-6-5-7-17(11-15)21(3)4/h5-7,10-11,16H,8-9,12H2,1-4H3. The van der Waals surface area contributed by atoms with Crippen molar-refractivity contribution in [2.24, 2.45) is 0 Å². The molecule has 1 aliphatic rings. The van der Waals surface area contributed by atoms with Crippen LogP contribution >= 0.6 is 0 Å². The van der Waals surface area contributed by atoms with Crippen LogP contribution in [-0.2, 0) is 4.74 Å². The Kier molecular flexibility index (Phi) is 4.66. The van der Waals surface area contributed by atoms with Crippen molar-refractivity contribution >= 4 is 17.4 Å². The summed E-state index contributed by atoms with van der Waals surface area (Å²) >= 11 is 0. The van der Waals surface area contributed by atoms with Crippen LogP contribution in [0.2, 0.25) is 0 Å². The third-order valence-electron chi connectivity index (χ3n) is 4.63. The second-order valence-electron chi connectivity index (χ2n) is 6.83. The molecule has 2 aromatic rings. The van der Waals surface area contributed by atoms with Gasteiger partial charge in [0.2, 0.25) is 5.78 Å². The van der Waals surface area contributed by atoms with Gasteiger partial charge in [0.05, 0.1) is 5.56 Å². The molecule has 0 radical (unpaired) electrons. The van der Waals surface area contributed by atoms with Gasteiger partial charge in [0, 0.05) is 42.8 Å². The molecule has 1 saturated carbocycles. The normalized spacial score (nSPS) is 13.6. The summed E-state index contributed by atoms with van der Waals surface area (Å²) in [6.45, 7) is 3.74. The molecule has 1 aromatic heterocycles. The Morgan fingerprint density at radius 3 is 2.56 bits per heavy atom. The maximum atomic E-state index is 12.5. The lowest BCUT2D eigenvalue weighted by atomic mass is 10.1. The number of anilines is 1. The Morgan fingerprint density at radius 2 is 1.92 bits per heavy atom. The molecule has 0 amide bonds. The molecule has 132 valence electrons. The molecular formula is C20H24N2O3. The second-order valence-corrected chi connectivity index (χ2v) is 6.83. The van der Waals surface area contributed by atoms with Gasteiger partial charge in [-0.1, -0.05) is 6.07 Å². The Bertz CT molecular complexity index is 816. The van der Waals surface area contributed by atoms with Crippen molar-refractivity contribution in [1.82, 2.24) is 4.57 Å². The predicted octanol–water partition coefficient (Wildman–Crippen LogP) is 3.55. The fourth-order valence-electron chi connectivity index (χ4n) is 3.16. The van der Waals surface area contributed by atoms with Crippen LogP contribution in [-0.4, -0.2) is 37.0 Å². The highest BCUT2D eigenvalue weighted by Crippen LogP contribution is 2.38. The number of hydrogen-bond donors (Lipinski definition) is 0. The van der Waals surface area contributed by atoms with Gasteiger partial charge in [-0.2, -0.15) is 0 Å². The minimum Gasteiger partial charge on any atom is -0.454 e. The molecule has 1 heterocycles. The minimum atomic E-state index is -0.479. The second kappa shape index (κ2) is 6.75. The van der Waals surface area contributed by atoms with Crippen molar-refractivity contribution < 1.29 is 14.3 Å². The van der Waals surface area contributed by atoms with Gasteiger partial charge in [0.1, 0.15) is 0 Å². The number of carbonyl (C=O) groups is 2. The molecule has 0 saturated heterocycles.